The molecule has 1 aromatic heterocycles. The van der Waals surface area contributed by atoms with E-state index in [1.165, 1.54) is 21.5 Å². The van der Waals surface area contributed by atoms with Crippen LogP contribution in [0.4, 0.5) is 0 Å². The molecule has 0 aliphatic carbocycles. The van der Waals surface area contributed by atoms with Crippen molar-refractivity contribution < 1.29 is 0 Å². The molecule has 0 saturated heterocycles. The summed E-state index contributed by atoms with van der Waals surface area (Å²) in [5.41, 5.74) is 3.11. The largest absolute Gasteiger partial charge is 0.232 e. The molecule has 136 valence electrons. The quantitative estimate of drug-likeness (QED) is 0.303. The Hall–Kier alpha value is -3.26. The fourth-order valence-corrected chi connectivity index (χ4v) is 4.01. The zero-order valence-electron chi connectivity index (χ0n) is 16.4. The third-order valence-corrected chi connectivity index (χ3v) is 5.32. The standard InChI is InChI=1S/C26H22N2/c1-26(2,3)24-21-14-8-9-15-23(21)27-25(28-24)22-16-17-10-4-5-11-18(17)19-12-6-7-13-20(19)22/h4-16H,1-3H3. The Kier molecular flexibility index (Phi) is 3.70. The summed E-state index contributed by atoms with van der Waals surface area (Å²) in [4.78, 5) is 10.1. The van der Waals surface area contributed by atoms with Crippen molar-refractivity contribution in [2.24, 2.45) is 0 Å². The first-order valence-electron chi connectivity index (χ1n) is 9.70. The molecule has 0 N–H and O–H groups in total. The summed E-state index contributed by atoms with van der Waals surface area (Å²) >= 11 is 0. The Morgan fingerprint density at radius 3 is 1.96 bits per heavy atom. The van der Waals surface area contributed by atoms with Gasteiger partial charge in [-0.2, -0.15) is 0 Å². The summed E-state index contributed by atoms with van der Waals surface area (Å²) in [5, 5.41) is 6.04. The van der Waals surface area contributed by atoms with E-state index in [9.17, 15) is 0 Å². The average Bonchev–Trinajstić information content (AvgIpc) is 2.71. The van der Waals surface area contributed by atoms with Gasteiger partial charge < -0.3 is 0 Å². The lowest BCUT2D eigenvalue weighted by atomic mass is 9.88. The van der Waals surface area contributed by atoms with Gasteiger partial charge in [-0.25, -0.2) is 9.97 Å². The lowest BCUT2D eigenvalue weighted by Gasteiger charge is -2.21. The zero-order valence-corrected chi connectivity index (χ0v) is 16.4. The maximum Gasteiger partial charge on any atom is 0.160 e. The zero-order chi connectivity index (χ0) is 19.3. The molecule has 0 radical (unpaired) electrons. The lowest BCUT2D eigenvalue weighted by molar-refractivity contribution is 0.575. The first-order chi connectivity index (χ1) is 13.5. The Morgan fingerprint density at radius 2 is 1.21 bits per heavy atom. The highest BCUT2D eigenvalue weighted by Crippen LogP contribution is 2.36. The van der Waals surface area contributed by atoms with Crippen LogP contribution in [0, 0.1) is 0 Å². The van der Waals surface area contributed by atoms with Crippen molar-refractivity contribution in [3.8, 4) is 11.4 Å². The number of aromatic nitrogens is 2. The number of hydrogen-bond donors (Lipinski definition) is 0. The van der Waals surface area contributed by atoms with Gasteiger partial charge >= 0.3 is 0 Å². The topological polar surface area (TPSA) is 25.8 Å². The predicted octanol–water partition coefficient (Wildman–Crippen LogP) is 6.90. The van der Waals surface area contributed by atoms with Gasteiger partial charge in [0.1, 0.15) is 0 Å². The minimum atomic E-state index is -0.0655. The van der Waals surface area contributed by atoms with Gasteiger partial charge in [0.25, 0.3) is 0 Å². The van der Waals surface area contributed by atoms with E-state index < -0.39 is 0 Å². The molecule has 0 fully saturated rings. The van der Waals surface area contributed by atoms with Crippen LogP contribution in [0.3, 0.4) is 0 Å². The highest BCUT2D eigenvalue weighted by molar-refractivity contribution is 6.13. The normalized spacial score (nSPS) is 12.1. The lowest BCUT2D eigenvalue weighted by Crippen LogP contribution is -2.15. The number of fused-ring (bicyclic) bond motifs is 4. The molecule has 1 heterocycles. The van der Waals surface area contributed by atoms with Crippen molar-refractivity contribution in [2.45, 2.75) is 26.2 Å². The summed E-state index contributed by atoms with van der Waals surface area (Å²) in [6.45, 7) is 6.64. The van der Waals surface area contributed by atoms with E-state index in [0.29, 0.717) is 0 Å². The van der Waals surface area contributed by atoms with Crippen LogP contribution in [0.2, 0.25) is 0 Å². The molecule has 0 spiro atoms. The highest BCUT2D eigenvalue weighted by atomic mass is 14.9. The van der Waals surface area contributed by atoms with E-state index in [4.69, 9.17) is 9.97 Å². The van der Waals surface area contributed by atoms with Gasteiger partial charge in [0.2, 0.25) is 0 Å². The summed E-state index contributed by atoms with van der Waals surface area (Å²) in [5.74, 6) is 0.797. The number of para-hydroxylation sites is 1. The SMILES string of the molecule is CC(C)(C)c1nc(-c2cc3ccccc3c3ccccc23)nc2ccccc12. The fourth-order valence-electron chi connectivity index (χ4n) is 4.01. The van der Waals surface area contributed by atoms with Gasteiger partial charge in [0, 0.05) is 16.4 Å². The average molecular weight is 362 g/mol. The molecule has 0 amide bonds. The molecule has 0 aliphatic heterocycles. The van der Waals surface area contributed by atoms with Gasteiger partial charge in [0.15, 0.2) is 5.82 Å². The van der Waals surface area contributed by atoms with Crippen LogP contribution in [0.25, 0.3) is 43.8 Å². The van der Waals surface area contributed by atoms with Crippen molar-refractivity contribution in [3.63, 3.8) is 0 Å². The number of benzene rings is 4. The van der Waals surface area contributed by atoms with Crippen LogP contribution in [-0.2, 0) is 5.41 Å². The van der Waals surface area contributed by atoms with Gasteiger partial charge in [-0.05, 0) is 33.7 Å². The minimum absolute atomic E-state index is 0.0655. The van der Waals surface area contributed by atoms with Crippen molar-refractivity contribution >= 4 is 32.4 Å². The van der Waals surface area contributed by atoms with E-state index in [-0.39, 0.29) is 5.41 Å². The number of nitrogens with zero attached hydrogens (tertiary/aromatic N) is 2. The molecule has 0 aliphatic rings. The van der Waals surface area contributed by atoms with Crippen molar-refractivity contribution in [1.82, 2.24) is 9.97 Å². The highest BCUT2D eigenvalue weighted by Gasteiger charge is 2.21. The summed E-state index contributed by atoms with van der Waals surface area (Å²) in [6.07, 6.45) is 0. The molecular weight excluding hydrogens is 340 g/mol. The molecular formula is C26H22N2. The fraction of sp³-hybridized carbons (Fsp3) is 0.154. The second-order valence-electron chi connectivity index (χ2n) is 8.35. The molecule has 0 saturated carbocycles. The summed E-state index contributed by atoms with van der Waals surface area (Å²) in [7, 11) is 0. The smallest absolute Gasteiger partial charge is 0.160 e. The number of rotatable bonds is 1. The van der Waals surface area contributed by atoms with E-state index >= 15 is 0 Å². The molecule has 28 heavy (non-hydrogen) atoms. The second kappa shape index (κ2) is 6.13. The molecule has 0 atom stereocenters. The molecule has 2 heteroatoms. The van der Waals surface area contributed by atoms with Gasteiger partial charge in [0.05, 0.1) is 11.2 Å². The third kappa shape index (κ3) is 2.65. The van der Waals surface area contributed by atoms with E-state index in [2.05, 4.69) is 93.6 Å². The minimum Gasteiger partial charge on any atom is -0.232 e. The number of hydrogen-bond acceptors (Lipinski definition) is 2. The third-order valence-electron chi connectivity index (χ3n) is 5.32. The second-order valence-corrected chi connectivity index (χ2v) is 8.35. The van der Waals surface area contributed by atoms with E-state index in [1.54, 1.807) is 0 Å². The van der Waals surface area contributed by atoms with Gasteiger partial charge in [-0.15, -0.1) is 0 Å². The van der Waals surface area contributed by atoms with Crippen LogP contribution < -0.4 is 0 Å². The Morgan fingerprint density at radius 1 is 0.607 bits per heavy atom. The molecule has 0 bridgehead atoms. The van der Waals surface area contributed by atoms with Crippen LogP contribution in [0.1, 0.15) is 26.5 Å². The van der Waals surface area contributed by atoms with Crippen LogP contribution in [0.5, 0.6) is 0 Å². The van der Waals surface area contributed by atoms with Crippen molar-refractivity contribution in [1.29, 1.82) is 0 Å². The molecule has 0 unspecified atom stereocenters. The first-order valence-corrected chi connectivity index (χ1v) is 9.70. The molecule has 5 aromatic rings. The van der Waals surface area contributed by atoms with Crippen molar-refractivity contribution in [2.75, 3.05) is 0 Å². The Bertz CT molecular complexity index is 1340. The van der Waals surface area contributed by atoms with Gasteiger partial charge in [-0.3, -0.25) is 0 Å². The Balaban J connectivity index is 1.91. The summed E-state index contributed by atoms with van der Waals surface area (Å²) in [6, 6.07) is 27.6. The Labute approximate surface area is 164 Å². The van der Waals surface area contributed by atoms with E-state index in [1.807, 2.05) is 6.07 Å². The monoisotopic (exact) mass is 362 g/mol. The maximum absolute atomic E-state index is 5.09. The van der Waals surface area contributed by atoms with Crippen LogP contribution in [0.15, 0.2) is 78.9 Å². The van der Waals surface area contributed by atoms with E-state index in [0.717, 1.165) is 28.0 Å². The van der Waals surface area contributed by atoms with Gasteiger partial charge in [-0.1, -0.05) is 87.5 Å². The molecule has 2 nitrogen and oxygen atoms in total. The molecule has 4 aromatic carbocycles. The van der Waals surface area contributed by atoms with Crippen LogP contribution in [-0.4, -0.2) is 9.97 Å². The predicted molar refractivity (Wildman–Crippen MR) is 119 cm³/mol. The summed E-state index contributed by atoms with van der Waals surface area (Å²) < 4.78 is 0. The first kappa shape index (κ1) is 16.9. The van der Waals surface area contributed by atoms with Crippen LogP contribution >= 0.6 is 0 Å². The van der Waals surface area contributed by atoms with Crippen molar-refractivity contribution in [3.05, 3.63) is 84.6 Å². The molecule has 5 rings (SSSR count). The maximum atomic E-state index is 5.09.